The standard InChI is InChI=1S/C35H38O5/c1-25(37-27(3)31-11-7-5-8-12-31)23-29-15-19-33(20-16-29)39-35(36)40-34-21-17-30(18-22-34)24-26(2)38-28(4)32-13-9-6-10-14-32/h5-22,25-28H,23-24H2,1-4H3. The summed E-state index contributed by atoms with van der Waals surface area (Å²) in [6.07, 6.45) is 0.840. The summed E-state index contributed by atoms with van der Waals surface area (Å²) in [4.78, 5) is 12.3. The minimum Gasteiger partial charge on any atom is -0.395 e. The minimum absolute atomic E-state index is 0.0164. The third-order valence-electron chi connectivity index (χ3n) is 6.71. The molecule has 4 aromatic carbocycles. The molecule has 0 bridgehead atoms. The molecular formula is C35H38O5. The van der Waals surface area contributed by atoms with Crippen molar-refractivity contribution in [3.63, 3.8) is 0 Å². The monoisotopic (exact) mass is 538 g/mol. The van der Waals surface area contributed by atoms with Crippen LogP contribution < -0.4 is 9.47 Å². The van der Waals surface area contributed by atoms with Crippen LogP contribution in [0.25, 0.3) is 0 Å². The molecule has 208 valence electrons. The smallest absolute Gasteiger partial charge is 0.395 e. The number of hydrogen-bond acceptors (Lipinski definition) is 5. The fourth-order valence-electron chi connectivity index (χ4n) is 4.66. The van der Waals surface area contributed by atoms with Gasteiger partial charge in [-0.3, -0.25) is 0 Å². The topological polar surface area (TPSA) is 54.0 Å². The van der Waals surface area contributed by atoms with Gasteiger partial charge in [-0.2, -0.15) is 0 Å². The van der Waals surface area contributed by atoms with Crippen LogP contribution in [-0.4, -0.2) is 18.4 Å². The zero-order chi connectivity index (χ0) is 28.3. The lowest BCUT2D eigenvalue weighted by atomic mass is 10.1. The van der Waals surface area contributed by atoms with Crippen molar-refractivity contribution in [2.45, 2.75) is 65.0 Å². The molecule has 4 aromatic rings. The predicted molar refractivity (Wildman–Crippen MR) is 158 cm³/mol. The lowest BCUT2D eigenvalue weighted by molar-refractivity contribution is 0.00744. The molecule has 4 rings (SSSR count). The van der Waals surface area contributed by atoms with E-state index in [0.29, 0.717) is 11.5 Å². The van der Waals surface area contributed by atoms with Gasteiger partial charge in [0.25, 0.3) is 0 Å². The lowest BCUT2D eigenvalue weighted by Crippen LogP contribution is -2.15. The largest absolute Gasteiger partial charge is 0.519 e. The van der Waals surface area contributed by atoms with Gasteiger partial charge >= 0.3 is 6.16 Å². The second-order valence-corrected chi connectivity index (χ2v) is 10.1. The number of carbonyl (C=O) groups is 1. The summed E-state index contributed by atoms with van der Waals surface area (Å²) in [7, 11) is 0. The Hall–Kier alpha value is -3.93. The summed E-state index contributed by atoms with van der Waals surface area (Å²) < 4.78 is 23.0. The zero-order valence-corrected chi connectivity index (χ0v) is 23.7. The van der Waals surface area contributed by atoms with E-state index in [1.54, 1.807) is 24.3 Å². The Morgan fingerprint density at radius 3 is 1.23 bits per heavy atom. The van der Waals surface area contributed by atoms with Crippen LogP contribution in [0.4, 0.5) is 4.79 Å². The van der Waals surface area contributed by atoms with E-state index >= 15 is 0 Å². The van der Waals surface area contributed by atoms with Crippen LogP contribution in [0, 0.1) is 0 Å². The molecule has 0 spiro atoms. The average Bonchev–Trinajstić information content (AvgIpc) is 2.96. The van der Waals surface area contributed by atoms with Gasteiger partial charge in [0.1, 0.15) is 11.5 Å². The first-order valence-electron chi connectivity index (χ1n) is 13.8. The molecular weight excluding hydrogens is 500 g/mol. The van der Waals surface area contributed by atoms with Crippen LogP contribution in [0.3, 0.4) is 0 Å². The summed E-state index contributed by atoms with van der Waals surface area (Å²) in [6, 6.07) is 35.2. The normalized spacial score (nSPS) is 14.1. The Labute approximate surface area is 237 Å². The summed E-state index contributed by atoms with van der Waals surface area (Å²) >= 11 is 0. The third kappa shape index (κ3) is 9.08. The molecule has 0 aliphatic heterocycles. The molecule has 4 atom stereocenters. The second kappa shape index (κ2) is 14.5. The van der Waals surface area contributed by atoms with Gasteiger partial charge < -0.3 is 18.9 Å². The molecule has 0 amide bonds. The van der Waals surface area contributed by atoms with Crippen molar-refractivity contribution in [1.29, 1.82) is 0 Å². The van der Waals surface area contributed by atoms with E-state index in [1.165, 1.54) is 0 Å². The van der Waals surface area contributed by atoms with Crippen molar-refractivity contribution < 1.29 is 23.7 Å². The highest BCUT2D eigenvalue weighted by molar-refractivity contribution is 5.67. The van der Waals surface area contributed by atoms with E-state index in [2.05, 4.69) is 52.0 Å². The first-order valence-corrected chi connectivity index (χ1v) is 13.8. The number of hydrogen-bond donors (Lipinski definition) is 0. The van der Waals surface area contributed by atoms with E-state index in [-0.39, 0.29) is 24.4 Å². The molecule has 40 heavy (non-hydrogen) atoms. The summed E-state index contributed by atoms with van der Waals surface area (Å²) in [6.45, 7) is 8.24. The molecule has 0 aliphatic carbocycles. The molecule has 0 N–H and O–H groups in total. The van der Waals surface area contributed by atoms with Crippen molar-refractivity contribution in [3.8, 4) is 11.5 Å². The first-order chi connectivity index (χ1) is 19.4. The van der Waals surface area contributed by atoms with E-state index in [1.807, 2.05) is 60.7 Å². The number of benzene rings is 4. The van der Waals surface area contributed by atoms with E-state index in [4.69, 9.17) is 18.9 Å². The lowest BCUT2D eigenvalue weighted by Gasteiger charge is -2.20. The van der Waals surface area contributed by atoms with Crippen LogP contribution in [0.2, 0.25) is 0 Å². The third-order valence-corrected chi connectivity index (χ3v) is 6.71. The van der Waals surface area contributed by atoms with Gasteiger partial charge in [0, 0.05) is 0 Å². The van der Waals surface area contributed by atoms with Crippen LogP contribution in [0.5, 0.6) is 11.5 Å². The van der Waals surface area contributed by atoms with Crippen LogP contribution in [-0.2, 0) is 22.3 Å². The molecule has 0 saturated carbocycles. The van der Waals surface area contributed by atoms with Crippen LogP contribution in [0.1, 0.15) is 62.2 Å². The van der Waals surface area contributed by atoms with Crippen LogP contribution >= 0.6 is 0 Å². The van der Waals surface area contributed by atoms with E-state index in [0.717, 1.165) is 35.1 Å². The Kier molecular flexibility index (Phi) is 10.5. The molecule has 0 fully saturated rings. The number of carbonyl (C=O) groups excluding carboxylic acids is 1. The maximum absolute atomic E-state index is 12.3. The molecule has 0 aromatic heterocycles. The Bertz CT molecular complexity index is 1200. The summed E-state index contributed by atoms with van der Waals surface area (Å²) in [5.41, 5.74) is 4.51. The number of ether oxygens (including phenoxy) is 4. The first kappa shape index (κ1) is 29.1. The molecule has 0 saturated heterocycles. The quantitative estimate of drug-likeness (QED) is 0.133. The Morgan fingerprint density at radius 1 is 0.525 bits per heavy atom. The average molecular weight is 539 g/mol. The highest BCUT2D eigenvalue weighted by Gasteiger charge is 2.14. The molecule has 5 heteroatoms. The molecule has 4 unspecified atom stereocenters. The maximum Gasteiger partial charge on any atom is 0.519 e. The highest BCUT2D eigenvalue weighted by atomic mass is 16.7. The molecule has 5 nitrogen and oxygen atoms in total. The SMILES string of the molecule is CC(Cc1ccc(OC(=O)Oc2ccc(CC(C)OC(C)c3ccccc3)cc2)cc1)OC(C)c1ccccc1. The van der Waals surface area contributed by atoms with Gasteiger partial charge in [0.15, 0.2) is 0 Å². The fourth-order valence-corrected chi connectivity index (χ4v) is 4.66. The van der Waals surface area contributed by atoms with Crippen molar-refractivity contribution in [2.75, 3.05) is 0 Å². The van der Waals surface area contributed by atoms with Crippen molar-refractivity contribution >= 4 is 6.16 Å². The van der Waals surface area contributed by atoms with Gasteiger partial charge in [-0.15, -0.1) is 0 Å². The van der Waals surface area contributed by atoms with Gasteiger partial charge in [-0.05, 0) is 87.1 Å². The Balaban J connectivity index is 1.20. The Morgan fingerprint density at radius 2 is 0.875 bits per heavy atom. The van der Waals surface area contributed by atoms with Crippen molar-refractivity contribution in [2.24, 2.45) is 0 Å². The fraction of sp³-hybridized carbons (Fsp3) is 0.286. The van der Waals surface area contributed by atoms with Gasteiger partial charge in [0.2, 0.25) is 0 Å². The molecule has 0 aliphatic rings. The zero-order valence-electron chi connectivity index (χ0n) is 23.7. The van der Waals surface area contributed by atoms with E-state index < -0.39 is 6.16 Å². The van der Waals surface area contributed by atoms with Gasteiger partial charge in [-0.1, -0.05) is 84.9 Å². The predicted octanol–water partition coefficient (Wildman–Crippen LogP) is 8.68. The van der Waals surface area contributed by atoms with Gasteiger partial charge in [0.05, 0.1) is 24.4 Å². The van der Waals surface area contributed by atoms with Crippen LogP contribution in [0.15, 0.2) is 109 Å². The van der Waals surface area contributed by atoms with E-state index in [9.17, 15) is 4.79 Å². The highest BCUT2D eigenvalue weighted by Crippen LogP contribution is 2.23. The molecule has 0 radical (unpaired) electrons. The second-order valence-electron chi connectivity index (χ2n) is 10.1. The van der Waals surface area contributed by atoms with Crippen molar-refractivity contribution in [1.82, 2.24) is 0 Å². The maximum atomic E-state index is 12.3. The number of rotatable bonds is 12. The summed E-state index contributed by atoms with van der Waals surface area (Å²) in [5, 5.41) is 0. The van der Waals surface area contributed by atoms with Gasteiger partial charge in [-0.25, -0.2) is 4.79 Å². The molecule has 0 heterocycles. The van der Waals surface area contributed by atoms with Crippen molar-refractivity contribution in [3.05, 3.63) is 131 Å². The minimum atomic E-state index is -0.776. The summed E-state index contributed by atoms with van der Waals surface area (Å²) in [5.74, 6) is 0.852.